The fraction of sp³-hybridized carbons (Fsp3) is 0.333. The van der Waals surface area contributed by atoms with Crippen LogP contribution < -0.4 is 0 Å². The minimum Gasteiger partial charge on any atom is -0.403 e. The molecule has 0 aliphatic carbocycles. The highest BCUT2D eigenvalue weighted by Gasteiger charge is 2.17. The van der Waals surface area contributed by atoms with Crippen LogP contribution >= 0.6 is 0 Å². The Bertz CT molecular complexity index is 203. The van der Waals surface area contributed by atoms with Gasteiger partial charge in [-0.2, -0.15) is 0 Å². The lowest BCUT2D eigenvalue weighted by atomic mass is 10.5. The average Bonchev–Trinajstić information content (AvgIpc) is 2.13. The maximum absolute atomic E-state index is 10.5. The molecule has 3 nitrogen and oxygen atoms in total. The van der Waals surface area contributed by atoms with E-state index in [0.717, 1.165) is 0 Å². The molecule has 0 radical (unpaired) electrons. The van der Waals surface area contributed by atoms with Gasteiger partial charge in [0.1, 0.15) is 5.71 Å². The predicted molar refractivity (Wildman–Crippen MR) is 33.0 cm³/mol. The van der Waals surface area contributed by atoms with E-state index in [1.54, 1.807) is 19.9 Å². The van der Waals surface area contributed by atoms with Crippen LogP contribution in [0.3, 0.4) is 0 Å². The number of cyclic esters (lactones) is 1. The summed E-state index contributed by atoms with van der Waals surface area (Å²) in [6.45, 7) is 3.39. The maximum Gasteiger partial charge on any atom is 0.359 e. The number of rotatable bonds is 0. The van der Waals surface area contributed by atoms with E-state index in [1.807, 2.05) is 0 Å². The number of nitrogens with zero attached hydrogens (tertiary/aromatic N) is 1. The lowest BCUT2D eigenvalue weighted by Gasteiger charge is -1.87. The number of carbonyl (C=O) groups excluding carboxylic acids is 1. The topological polar surface area (TPSA) is 38.7 Å². The van der Waals surface area contributed by atoms with Gasteiger partial charge in [-0.3, -0.25) is 0 Å². The Labute approximate surface area is 53.0 Å². The molecule has 48 valence electrons. The largest absolute Gasteiger partial charge is 0.403 e. The third kappa shape index (κ3) is 0.988. The second kappa shape index (κ2) is 2.01. The molecule has 0 amide bonds. The summed E-state index contributed by atoms with van der Waals surface area (Å²) >= 11 is 0. The van der Waals surface area contributed by atoms with Gasteiger partial charge in [-0.05, 0) is 19.9 Å². The third-order valence-corrected chi connectivity index (χ3v) is 1.02. The SMILES string of the molecule is CC=C1N=C(C)C(=O)O1. The van der Waals surface area contributed by atoms with E-state index in [2.05, 4.69) is 9.73 Å². The van der Waals surface area contributed by atoms with Gasteiger partial charge in [0.2, 0.25) is 5.88 Å². The molecule has 0 aromatic carbocycles. The Morgan fingerprint density at radius 3 is 2.56 bits per heavy atom. The van der Waals surface area contributed by atoms with E-state index in [4.69, 9.17) is 0 Å². The summed E-state index contributed by atoms with van der Waals surface area (Å²) in [4.78, 5) is 14.3. The minimum absolute atomic E-state index is 0.344. The maximum atomic E-state index is 10.5. The van der Waals surface area contributed by atoms with Gasteiger partial charge in [-0.1, -0.05) is 0 Å². The fourth-order valence-corrected chi connectivity index (χ4v) is 0.526. The van der Waals surface area contributed by atoms with E-state index in [1.165, 1.54) is 0 Å². The van der Waals surface area contributed by atoms with Crippen LogP contribution in [-0.4, -0.2) is 11.7 Å². The number of ether oxygens (including phenoxy) is 1. The van der Waals surface area contributed by atoms with Crippen molar-refractivity contribution in [3.05, 3.63) is 12.0 Å². The Balaban J connectivity index is 2.86. The molecule has 1 heterocycles. The van der Waals surface area contributed by atoms with Crippen molar-refractivity contribution in [3.63, 3.8) is 0 Å². The van der Waals surface area contributed by atoms with Crippen molar-refractivity contribution in [1.82, 2.24) is 0 Å². The lowest BCUT2D eigenvalue weighted by molar-refractivity contribution is -0.130. The molecule has 0 fully saturated rings. The van der Waals surface area contributed by atoms with Gasteiger partial charge in [0.05, 0.1) is 0 Å². The third-order valence-electron chi connectivity index (χ3n) is 1.02. The van der Waals surface area contributed by atoms with Crippen molar-refractivity contribution in [2.75, 3.05) is 0 Å². The summed E-state index contributed by atoms with van der Waals surface area (Å²) in [6, 6.07) is 0. The van der Waals surface area contributed by atoms with Crippen LogP contribution in [0.25, 0.3) is 0 Å². The highest BCUT2D eigenvalue weighted by atomic mass is 16.6. The smallest absolute Gasteiger partial charge is 0.359 e. The van der Waals surface area contributed by atoms with Crippen molar-refractivity contribution in [2.45, 2.75) is 13.8 Å². The summed E-state index contributed by atoms with van der Waals surface area (Å²) in [5.41, 5.74) is 0.420. The van der Waals surface area contributed by atoms with Gasteiger partial charge in [0, 0.05) is 0 Å². The van der Waals surface area contributed by atoms with Gasteiger partial charge in [-0.15, -0.1) is 0 Å². The standard InChI is InChI=1S/C6H7NO2/c1-3-5-7-4(2)6(8)9-5/h3H,1-2H3. The van der Waals surface area contributed by atoms with Crippen molar-refractivity contribution in [2.24, 2.45) is 4.99 Å². The molecule has 3 heteroatoms. The quantitative estimate of drug-likeness (QED) is 0.450. The molecule has 0 unspecified atom stereocenters. The van der Waals surface area contributed by atoms with Crippen molar-refractivity contribution in [3.8, 4) is 0 Å². The first-order valence-electron chi connectivity index (χ1n) is 2.68. The van der Waals surface area contributed by atoms with Gasteiger partial charge in [0.15, 0.2) is 0 Å². The fourth-order valence-electron chi connectivity index (χ4n) is 0.526. The highest BCUT2D eigenvalue weighted by molar-refractivity contribution is 6.37. The van der Waals surface area contributed by atoms with E-state index < -0.39 is 0 Å². The van der Waals surface area contributed by atoms with Crippen LogP contribution in [0, 0.1) is 0 Å². The zero-order valence-corrected chi connectivity index (χ0v) is 5.34. The molecule has 0 N–H and O–H groups in total. The molecule has 0 saturated heterocycles. The number of carbonyl (C=O) groups is 1. The molecule has 1 rings (SSSR count). The molecule has 0 aromatic heterocycles. The predicted octanol–water partition coefficient (Wildman–Crippen LogP) is 0.865. The van der Waals surface area contributed by atoms with Crippen LogP contribution in [-0.2, 0) is 9.53 Å². The number of aliphatic imine (C=N–C) groups is 1. The zero-order chi connectivity index (χ0) is 6.85. The molecule has 9 heavy (non-hydrogen) atoms. The van der Waals surface area contributed by atoms with Crippen LogP contribution in [0.5, 0.6) is 0 Å². The Morgan fingerprint density at radius 2 is 2.33 bits per heavy atom. The van der Waals surface area contributed by atoms with E-state index in [9.17, 15) is 4.79 Å². The second-order valence-corrected chi connectivity index (χ2v) is 1.71. The first-order valence-corrected chi connectivity index (χ1v) is 2.68. The molecule has 1 aliphatic rings. The highest BCUT2D eigenvalue weighted by Crippen LogP contribution is 2.08. The Kier molecular flexibility index (Phi) is 1.34. The number of esters is 1. The number of hydrogen-bond donors (Lipinski definition) is 0. The number of hydrogen-bond acceptors (Lipinski definition) is 3. The molecular weight excluding hydrogens is 118 g/mol. The minimum atomic E-state index is -0.344. The van der Waals surface area contributed by atoms with Crippen LogP contribution in [0.2, 0.25) is 0 Å². The molecule has 0 bridgehead atoms. The van der Waals surface area contributed by atoms with Crippen LogP contribution in [0.4, 0.5) is 0 Å². The number of allylic oxidation sites excluding steroid dienone is 1. The summed E-state index contributed by atoms with van der Waals surface area (Å²) in [5, 5.41) is 0. The van der Waals surface area contributed by atoms with E-state index in [-0.39, 0.29) is 5.97 Å². The molecule has 0 aromatic rings. The first-order chi connectivity index (χ1) is 4.24. The van der Waals surface area contributed by atoms with Crippen LogP contribution in [0.15, 0.2) is 17.0 Å². The molecule has 0 saturated carbocycles. The average molecular weight is 125 g/mol. The van der Waals surface area contributed by atoms with Crippen LogP contribution in [0.1, 0.15) is 13.8 Å². The molecule has 0 atom stereocenters. The normalized spacial score (nSPS) is 22.2. The molecule has 1 aliphatic heterocycles. The summed E-state index contributed by atoms with van der Waals surface area (Å²) in [7, 11) is 0. The van der Waals surface area contributed by atoms with E-state index >= 15 is 0 Å². The summed E-state index contributed by atoms with van der Waals surface area (Å²) in [6.07, 6.45) is 1.65. The van der Waals surface area contributed by atoms with Gasteiger partial charge in [0.25, 0.3) is 0 Å². The summed E-state index contributed by atoms with van der Waals surface area (Å²) in [5.74, 6) is 0.0561. The molecule has 0 spiro atoms. The zero-order valence-electron chi connectivity index (χ0n) is 5.34. The summed E-state index contributed by atoms with van der Waals surface area (Å²) < 4.78 is 4.64. The second-order valence-electron chi connectivity index (χ2n) is 1.71. The first kappa shape index (κ1) is 6.01. The van der Waals surface area contributed by atoms with E-state index in [0.29, 0.717) is 11.6 Å². The Hall–Kier alpha value is -1.12. The van der Waals surface area contributed by atoms with Gasteiger partial charge >= 0.3 is 5.97 Å². The van der Waals surface area contributed by atoms with Crippen molar-refractivity contribution >= 4 is 11.7 Å². The van der Waals surface area contributed by atoms with Gasteiger partial charge < -0.3 is 4.74 Å². The monoisotopic (exact) mass is 125 g/mol. The van der Waals surface area contributed by atoms with Gasteiger partial charge in [-0.25, -0.2) is 9.79 Å². The molecular formula is C6H7NO2. The Morgan fingerprint density at radius 1 is 1.67 bits per heavy atom. The lowest BCUT2D eigenvalue weighted by Crippen LogP contribution is -2.04. The van der Waals surface area contributed by atoms with Crippen molar-refractivity contribution in [1.29, 1.82) is 0 Å². The van der Waals surface area contributed by atoms with Crippen molar-refractivity contribution < 1.29 is 9.53 Å².